The minimum absolute atomic E-state index is 0.0908. The van der Waals surface area contributed by atoms with Gasteiger partial charge < -0.3 is 9.47 Å². The van der Waals surface area contributed by atoms with Crippen molar-refractivity contribution in [3.05, 3.63) is 73.2 Å². The topological polar surface area (TPSA) is 140 Å². The number of ether oxygens (including phenoxy) is 2. The van der Waals surface area contributed by atoms with Gasteiger partial charge >= 0.3 is 0 Å². The molecule has 0 radical (unpaired) electrons. The van der Waals surface area contributed by atoms with Gasteiger partial charge in [-0.05, 0) is 42.3 Å². The van der Waals surface area contributed by atoms with Gasteiger partial charge in [0.1, 0.15) is 23.3 Å². The van der Waals surface area contributed by atoms with Crippen LogP contribution >= 0.6 is 22.9 Å². The Kier molecular flexibility index (Phi) is 8.13. The fourth-order valence-electron chi connectivity index (χ4n) is 2.80. The maximum absolute atomic E-state index is 12.5. The van der Waals surface area contributed by atoms with Gasteiger partial charge in [0, 0.05) is 11.1 Å². The summed E-state index contributed by atoms with van der Waals surface area (Å²) in [5.41, 5.74) is 0.560. The fourth-order valence-corrected chi connectivity index (χ4v) is 3.65. The number of amides is 1. The Morgan fingerprint density at radius 3 is 2.74 bits per heavy atom. The third-order valence-corrected chi connectivity index (χ3v) is 5.70. The van der Waals surface area contributed by atoms with Gasteiger partial charge in [-0.15, -0.1) is 10.2 Å². The molecule has 0 aliphatic carbocycles. The molecule has 0 spiro atoms. The maximum atomic E-state index is 12.5. The predicted molar refractivity (Wildman–Crippen MR) is 127 cm³/mol. The van der Waals surface area contributed by atoms with Crippen molar-refractivity contribution in [1.82, 2.24) is 10.2 Å². The predicted octanol–water partition coefficient (Wildman–Crippen LogP) is 4.80. The Bertz CT molecular complexity index is 1300. The first-order valence-electron chi connectivity index (χ1n) is 9.83. The number of anilines is 1. The van der Waals surface area contributed by atoms with Crippen molar-refractivity contribution in [3.63, 3.8) is 0 Å². The van der Waals surface area contributed by atoms with Crippen molar-refractivity contribution < 1.29 is 19.2 Å². The van der Waals surface area contributed by atoms with E-state index < -0.39 is 10.8 Å². The maximum Gasteiger partial charge on any atom is 0.277 e. The van der Waals surface area contributed by atoms with Gasteiger partial charge in [-0.25, -0.2) is 0 Å². The molecular formula is C22H18ClN5O5S. The second-order valence-corrected chi connectivity index (χ2v) is 8.21. The number of carbonyl (C=O) groups is 1. The molecule has 12 heteroatoms. The van der Waals surface area contributed by atoms with Crippen LogP contribution in [-0.2, 0) is 17.8 Å². The van der Waals surface area contributed by atoms with Crippen molar-refractivity contribution in [2.24, 2.45) is 0 Å². The number of nitro groups is 1. The average Bonchev–Trinajstić information content (AvgIpc) is 3.29. The van der Waals surface area contributed by atoms with Crippen LogP contribution in [0.4, 0.5) is 10.8 Å². The number of nitriles is 1. The Morgan fingerprint density at radius 1 is 1.29 bits per heavy atom. The van der Waals surface area contributed by atoms with Gasteiger partial charge in [0.05, 0.1) is 17.6 Å². The molecule has 0 saturated carbocycles. The summed E-state index contributed by atoms with van der Waals surface area (Å²) in [4.78, 5) is 23.2. The average molecular weight is 500 g/mol. The lowest BCUT2D eigenvalue weighted by Crippen LogP contribution is -2.13. The van der Waals surface area contributed by atoms with Gasteiger partial charge in [0.2, 0.25) is 5.13 Å². The highest BCUT2D eigenvalue weighted by Gasteiger charge is 2.17. The van der Waals surface area contributed by atoms with E-state index in [2.05, 4.69) is 15.5 Å². The molecule has 174 valence electrons. The van der Waals surface area contributed by atoms with Gasteiger partial charge in [-0.3, -0.25) is 20.2 Å². The summed E-state index contributed by atoms with van der Waals surface area (Å²) in [6, 6.07) is 11.0. The normalized spacial score (nSPS) is 10.9. The molecule has 0 unspecified atom stereocenters. The summed E-state index contributed by atoms with van der Waals surface area (Å²) in [6.45, 7) is 1.83. The number of nitrogens with zero attached hydrogens (tertiary/aromatic N) is 4. The monoisotopic (exact) mass is 499 g/mol. The van der Waals surface area contributed by atoms with E-state index >= 15 is 0 Å². The standard InChI is InChI=1S/C22H18ClN5O5S/c1-3-20-26-27-22(34-20)25-21(29)15(11-24)8-13-4-7-18(19(9-13)32-2)33-12-14-5-6-16(23)10-17(14)28(30)31/h4-10H,3,12H2,1-2H3,(H,25,27,29). The number of aromatic nitrogens is 2. The Morgan fingerprint density at radius 2 is 2.09 bits per heavy atom. The Balaban J connectivity index is 1.77. The molecule has 0 saturated heterocycles. The smallest absolute Gasteiger partial charge is 0.277 e. The second-order valence-electron chi connectivity index (χ2n) is 6.71. The van der Waals surface area contributed by atoms with Crippen LogP contribution in [0, 0.1) is 21.4 Å². The number of benzene rings is 2. The largest absolute Gasteiger partial charge is 0.493 e. The molecule has 1 N–H and O–H groups in total. The van der Waals surface area contributed by atoms with Crippen molar-refractivity contribution in [2.75, 3.05) is 12.4 Å². The van der Waals surface area contributed by atoms with Gasteiger partial charge in [-0.2, -0.15) is 5.26 Å². The first-order valence-corrected chi connectivity index (χ1v) is 11.0. The molecule has 10 nitrogen and oxygen atoms in total. The number of methoxy groups -OCH3 is 1. The van der Waals surface area contributed by atoms with Crippen molar-refractivity contribution in [3.8, 4) is 17.6 Å². The van der Waals surface area contributed by atoms with Crippen molar-refractivity contribution in [2.45, 2.75) is 20.0 Å². The van der Waals surface area contributed by atoms with E-state index in [-0.39, 0.29) is 22.9 Å². The number of hydrogen-bond acceptors (Lipinski definition) is 9. The van der Waals surface area contributed by atoms with Crippen molar-refractivity contribution >= 4 is 45.7 Å². The van der Waals surface area contributed by atoms with E-state index in [1.54, 1.807) is 18.2 Å². The first kappa shape index (κ1) is 24.6. The third-order valence-electron chi connectivity index (χ3n) is 4.48. The zero-order valence-corrected chi connectivity index (χ0v) is 19.6. The first-order chi connectivity index (χ1) is 16.3. The minimum atomic E-state index is -0.615. The molecule has 3 rings (SSSR count). The van der Waals surface area contributed by atoms with E-state index in [9.17, 15) is 20.2 Å². The fraction of sp³-hybridized carbons (Fsp3) is 0.182. The lowest BCUT2D eigenvalue weighted by molar-refractivity contribution is -0.385. The summed E-state index contributed by atoms with van der Waals surface area (Å²) in [5, 5.41) is 32.4. The van der Waals surface area contributed by atoms with Crippen LogP contribution in [-0.4, -0.2) is 28.1 Å². The van der Waals surface area contributed by atoms with E-state index in [4.69, 9.17) is 21.1 Å². The second kappa shape index (κ2) is 11.2. The highest BCUT2D eigenvalue weighted by Crippen LogP contribution is 2.31. The van der Waals surface area contributed by atoms with E-state index in [0.29, 0.717) is 34.2 Å². The van der Waals surface area contributed by atoms with Crippen LogP contribution in [0.2, 0.25) is 5.02 Å². The molecule has 34 heavy (non-hydrogen) atoms. The van der Waals surface area contributed by atoms with Crippen LogP contribution in [0.5, 0.6) is 11.5 Å². The van der Waals surface area contributed by atoms with Crippen LogP contribution in [0.15, 0.2) is 42.0 Å². The molecule has 1 heterocycles. The van der Waals surface area contributed by atoms with Crippen LogP contribution < -0.4 is 14.8 Å². The van der Waals surface area contributed by atoms with Gasteiger partial charge in [0.15, 0.2) is 11.5 Å². The zero-order valence-electron chi connectivity index (χ0n) is 18.1. The SMILES string of the molecule is CCc1nnc(NC(=O)C(C#N)=Cc2ccc(OCc3ccc(Cl)cc3[N+](=O)[O-])c(OC)c2)s1. The Labute approximate surface area is 203 Å². The molecule has 0 aliphatic heterocycles. The van der Waals surface area contributed by atoms with E-state index in [1.807, 2.05) is 13.0 Å². The van der Waals surface area contributed by atoms with E-state index in [0.717, 1.165) is 5.01 Å². The number of nitro benzene ring substituents is 1. The van der Waals surface area contributed by atoms with Gasteiger partial charge in [0.25, 0.3) is 11.6 Å². The number of carbonyl (C=O) groups excluding carboxylic acids is 1. The van der Waals surface area contributed by atoms with E-state index in [1.165, 1.54) is 42.7 Å². The van der Waals surface area contributed by atoms with Crippen LogP contribution in [0.25, 0.3) is 6.08 Å². The molecule has 3 aromatic rings. The number of rotatable bonds is 9. The number of hydrogen-bond donors (Lipinski definition) is 1. The molecule has 2 aromatic carbocycles. The number of halogens is 1. The lowest BCUT2D eigenvalue weighted by atomic mass is 10.1. The van der Waals surface area contributed by atoms with Crippen molar-refractivity contribution in [1.29, 1.82) is 5.26 Å². The third kappa shape index (κ3) is 6.06. The molecular weight excluding hydrogens is 482 g/mol. The summed E-state index contributed by atoms with van der Waals surface area (Å²) in [5.74, 6) is 0.0308. The summed E-state index contributed by atoms with van der Waals surface area (Å²) in [7, 11) is 1.43. The molecule has 1 amide bonds. The minimum Gasteiger partial charge on any atom is -0.493 e. The Hall–Kier alpha value is -4.01. The van der Waals surface area contributed by atoms with Crippen LogP contribution in [0.1, 0.15) is 23.1 Å². The molecule has 0 fully saturated rings. The summed E-state index contributed by atoms with van der Waals surface area (Å²) < 4.78 is 11.1. The molecule has 1 aromatic heterocycles. The quantitative estimate of drug-likeness (QED) is 0.191. The molecule has 0 aliphatic rings. The molecule has 0 atom stereocenters. The van der Waals surface area contributed by atoms with Crippen LogP contribution in [0.3, 0.4) is 0 Å². The lowest BCUT2D eigenvalue weighted by Gasteiger charge is -2.12. The number of nitrogens with one attached hydrogen (secondary N) is 1. The summed E-state index contributed by atoms with van der Waals surface area (Å²) in [6.07, 6.45) is 2.08. The zero-order chi connectivity index (χ0) is 24.7. The van der Waals surface area contributed by atoms with Gasteiger partial charge in [-0.1, -0.05) is 35.9 Å². The molecule has 0 bridgehead atoms. The highest BCUT2D eigenvalue weighted by molar-refractivity contribution is 7.15. The summed E-state index contributed by atoms with van der Waals surface area (Å²) >= 11 is 7.08. The highest BCUT2D eigenvalue weighted by atomic mass is 35.5. The number of aryl methyl sites for hydroxylation is 1.